The van der Waals surface area contributed by atoms with Crippen LogP contribution in [0, 0.1) is 0 Å². The van der Waals surface area contributed by atoms with Crippen LogP contribution in [-0.4, -0.2) is 35.9 Å². The van der Waals surface area contributed by atoms with Gasteiger partial charge < -0.3 is 9.80 Å². The standard InChI is InChI=1S/C19H23N3O/c1-21(19(23)17-9-11-20-12-10-17)15-16-5-7-18(8-6-16)22-13-3-2-4-14-22/h5-12H,2-4,13-15H2,1H3. The zero-order valence-corrected chi connectivity index (χ0v) is 13.6. The highest BCUT2D eigenvalue weighted by molar-refractivity contribution is 5.93. The first kappa shape index (κ1) is 15.5. The molecule has 0 unspecified atom stereocenters. The number of anilines is 1. The van der Waals surface area contributed by atoms with E-state index in [1.54, 1.807) is 29.4 Å². The number of benzene rings is 1. The molecule has 1 aliphatic rings. The van der Waals surface area contributed by atoms with E-state index in [-0.39, 0.29) is 5.91 Å². The minimum atomic E-state index is 0.0208. The van der Waals surface area contributed by atoms with Crippen LogP contribution in [0.15, 0.2) is 48.8 Å². The molecule has 0 radical (unpaired) electrons. The van der Waals surface area contributed by atoms with Gasteiger partial charge in [0.05, 0.1) is 0 Å². The highest BCUT2D eigenvalue weighted by Gasteiger charge is 2.13. The molecular weight excluding hydrogens is 286 g/mol. The second-order valence-corrected chi connectivity index (χ2v) is 6.11. The number of amides is 1. The Labute approximate surface area is 137 Å². The second kappa shape index (κ2) is 7.27. The predicted octanol–water partition coefficient (Wildman–Crippen LogP) is 3.34. The average molecular weight is 309 g/mol. The number of hydrogen-bond donors (Lipinski definition) is 0. The maximum Gasteiger partial charge on any atom is 0.254 e. The molecule has 1 fully saturated rings. The van der Waals surface area contributed by atoms with E-state index >= 15 is 0 Å². The SMILES string of the molecule is CN(Cc1ccc(N2CCCCC2)cc1)C(=O)c1ccncc1. The molecule has 2 heterocycles. The molecular formula is C19H23N3O. The topological polar surface area (TPSA) is 36.4 Å². The predicted molar refractivity (Wildman–Crippen MR) is 92.5 cm³/mol. The first-order valence-electron chi connectivity index (χ1n) is 8.23. The normalized spacial score (nSPS) is 14.6. The maximum atomic E-state index is 12.4. The lowest BCUT2D eigenvalue weighted by atomic mass is 10.1. The van der Waals surface area contributed by atoms with Crippen molar-refractivity contribution in [3.05, 3.63) is 59.9 Å². The van der Waals surface area contributed by atoms with Gasteiger partial charge in [0.2, 0.25) is 0 Å². The van der Waals surface area contributed by atoms with Crippen LogP contribution in [0.2, 0.25) is 0 Å². The summed E-state index contributed by atoms with van der Waals surface area (Å²) in [6.07, 6.45) is 7.20. The van der Waals surface area contributed by atoms with E-state index in [1.807, 2.05) is 7.05 Å². The monoisotopic (exact) mass is 309 g/mol. The van der Waals surface area contributed by atoms with Crippen LogP contribution in [0.4, 0.5) is 5.69 Å². The zero-order valence-electron chi connectivity index (χ0n) is 13.6. The van der Waals surface area contributed by atoms with Gasteiger partial charge in [-0.1, -0.05) is 12.1 Å². The molecule has 1 aromatic heterocycles. The molecule has 3 rings (SSSR count). The van der Waals surface area contributed by atoms with Gasteiger partial charge in [-0.2, -0.15) is 0 Å². The van der Waals surface area contributed by atoms with Gasteiger partial charge in [-0.05, 0) is 49.1 Å². The van der Waals surface area contributed by atoms with E-state index in [2.05, 4.69) is 34.1 Å². The third-order valence-corrected chi connectivity index (χ3v) is 4.35. The van der Waals surface area contributed by atoms with Gasteiger partial charge in [0.25, 0.3) is 5.91 Å². The summed E-state index contributed by atoms with van der Waals surface area (Å²) < 4.78 is 0. The van der Waals surface area contributed by atoms with Gasteiger partial charge in [-0.3, -0.25) is 9.78 Å². The Morgan fingerprint density at radius 2 is 1.70 bits per heavy atom. The van der Waals surface area contributed by atoms with Crippen molar-refractivity contribution in [1.29, 1.82) is 0 Å². The Balaban J connectivity index is 1.62. The van der Waals surface area contributed by atoms with Crippen molar-refractivity contribution in [3.8, 4) is 0 Å². The number of rotatable bonds is 4. The number of hydrogen-bond acceptors (Lipinski definition) is 3. The first-order valence-corrected chi connectivity index (χ1v) is 8.23. The van der Waals surface area contributed by atoms with E-state index in [4.69, 9.17) is 0 Å². The molecule has 0 spiro atoms. The summed E-state index contributed by atoms with van der Waals surface area (Å²) in [6, 6.07) is 12.1. The van der Waals surface area contributed by atoms with Crippen molar-refractivity contribution in [2.45, 2.75) is 25.8 Å². The molecule has 0 N–H and O–H groups in total. The largest absolute Gasteiger partial charge is 0.372 e. The third kappa shape index (κ3) is 3.89. The molecule has 1 aromatic carbocycles. The fraction of sp³-hybridized carbons (Fsp3) is 0.368. The lowest BCUT2D eigenvalue weighted by molar-refractivity contribution is 0.0785. The van der Waals surface area contributed by atoms with Crippen molar-refractivity contribution >= 4 is 11.6 Å². The molecule has 1 aliphatic heterocycles. The van der Waals surface area contributed by atoms with Gasteiger partial charge in [0.15, 0.2) is 0 Å². The van der Waals surface area contributed by atoms with Gasteiger partial charge >= 0.3 is 0 Å². The van der Waals surface area contributed by atoms with Gasteiger partial charge in [0, 0.05) is 50.3 Å². The van der Waals surface area contributed by atoms with Gasteiger partial charge in [0.1, 0.15) is 0 Å². The molecule has 0 bridgehead atoms. The minimum absolute atomic E-state index is 0.0208. The summed E-state index contributed by atoms with van der Waals surface area (Å²) >= 11 is 0. The number of pyridine rings is 1. The molecule has 0 atom stereocenters. The van der Waals surface area contributed by atoms with Crippen LogP contribution >= 0.6 is 0 Å². The molecule has 1 saturated heterocycles. The zero-order chi connectivity index (χ0) is 16.1. The van der Waals surface area contributed by atoms with Crippen molar-refractivity contribution in [2.24, 2.45) is 0 Å². The quantitative estimate of drug-likeness (QED) is 0.869. The molecule has 2 aromatic rings. The minimum Gasteiger partial charge on any atom is -0.372 e. The van der Waals surface area contributed by atoms with Gasteiger partial charge in [-0.15, -0.1) is 0 Å². The Kier molecular flexibility index (Phi) is 4.91. The maximum absolute atomic E-state index is 12.4. The highest BCUT2D eigenvalue weighted by atomic mass is 16.2. The Hall–Kier alpha value is -2.36. The van der Waals surface area contributed by atoms with E-state index in [0.29, 0.717) is 12.1 Å². The molecule has 120 valence electrons. The summed E-state index contributed by atoms with van der Waals surface area (Å²) in [5.74, 6) is 0.0208. The summed E-state index contributed by atoms with van der Waals surface area (Å²) in [7, 11) is 1.83. The molecule has 4 nitrogen and oxygen atoms in total. The van der Waals surface area contributed by atoms with Crippen LogP contribution in [-0.2, 0) is 6.54 Å². The number of piperidine rings is 1. The van der Waals surface area contributed by atoms with Gasteiger partial charge in [-0.25, -0.2) is 0 Å². The molecule has 23 heavy (non-hydrogen) atoms. The molecule has 0 aliphatic carbocycles. The van der Waals surface area contributed by atoms with E-state index in [0.717, 1.165) is 18.7 Å². The number of aromatic nitrogens is 1. The Morgan fingerprint density at radius 3 is 2.35 bits per heavy atom. The summed E-state index contributed by atoms with van der Waals surface area (Å²) in [4.78, 5) is 20.5. The molecule has 1 amide bonds. The van der Waals surface area contributed by atoms with Crippen LogP contribution < -0.4 is 4.90 Å². The van der Waals surface area contributed by atoms with Crippen molar-refractivity contribution < 1.29 is 4.79 Å². The van der Waals surface area contributed by atoms with E-state index in [1.165, 1.54) is 24.9 Å². The fourth-order valence-corrected chi connectivity index (χ4v) is 3.02. The Morgan fingerprint density at radius 1 is 1.04 bits per heavy atom. The highest BCUT2D eigenvalue weighted by Crippen LogP contribution is 2.20. The third-order valence-electron chi connectivity index (χ3n) is 4.35. The summed E-state index contributed by atoms with van der Waals surface area (Å²) in [6.45, 7) is 2.92. The Bertz CT molecular complexity index is 633. The molecule has 0 saturated carbocycles. The van der Waals surface area contributed by atoms with Crippen LogP contribution in [0.1, 0.15) is 35.2 Å². The average Bonchev–Trinajstić information content (AvgIpc) is 2.63. The second-order valence-electron chi connectivity index (χ2n) is 6.11. The van der Waals surface area contributed by atoms with E-state index in [9.17, 15) is 4.79 Å². The molecule has 4 heteroatoms. The summed E-state index contributed by atoms with van der Waals surface area (Å²) in [5, 5.41) is 0. The van der Waals surface area contributed by atoms with Crippen LogP contribution in [0.3, 0.4) is 0 Å². The number of carbonyl (C=O) groups is 1. The van der Waals surface area contributed by atoms with Crippen molar-refractivity contribution in [1.82, 2.24) is 9.88 Å². The van der Waals surface area contributed by atoms with E-state index < -0.39 is 0 Å². The smallest absolute Gasteiger partial charge is 0.254 e. The number of carbonyl (C=O) groups excluding carboxylic acids is 1. The van der Waals surface area contributed by atoms with Crippen molar-refractivity contribution in [3.63, 3.8) is 0 Å². The number of nitrogens with zero attached hydrogens (tertiary/aromatic N) is 3. The summed E-state index contributed by atoms with van der Waals surface area (Å²) in [5.41, 5.74) is 3.11. The lowest BCUT2D eigenvalue weighted by Crippen LogP contribution is -2.29. The lowest BCUT2D eigenvalue weighted by Gasteiger charge is -2.29. The fourth-order valence-electron chi connectivity index (χ4n) is 3.02. The first-order chi connectivity index (χ1) is 11.2. The van der Waals surface area contributed by atoms with Crippen LogP contribution in [0.25, 0.3) is 0 Å². The van der Waals surface area contributed by atoms with Crippen LogP contribution in [0.5, 0.6) is 0 Å². The van der Waals surface area contributed by atoms with Crippen molar-refractivity contribution in [2.75, 3.05) is 25.0 Å².